The van der Waals surface area contributed by atoms with E-state index < -0.39 is 10.1 Å². The van der Waals surface area contributed by atoms with Crippen LogP contribution < -0.4 is 4.90 Å². The van der Waals surface area contributed by atoms with E-state index in [9.17, 15) is 8.42 Å². The zero-order valence-electron chi connectivity index (χ0n) is 17.3. The first-order chi connectivity index (χ1) is 14.9. The summed E-state index contributed by atoms with van der Waals surface area (Å²) in [4.78, 5) is 8.02. The summed E-state index contributed by atoms with van der Waals surface area (Å²) < 4.78 is 29.6. The fraction of sp³-hybridized carbons (Fsp3) is 0.125. The second-order valence-corrected chi connectivity index (χ2v) is 9.20. The Balaban J connectivity index is 0.000000210. The minimum Gasteiger partial charge on any atom is -0.335 e. The van der Waals surface area contributed by atoms with Crippen LogP contribution in [0.2, 0.25) is 0 Å². The highest BCUT2D eigenvalue weighted by molar-refractivity contribution is 8.03. The molecule has 3 aromatic rings. The van der Waals surface area contributed by atoms with Crippen LogP contribution in [0.1, 0.15) is 12.5 Å². The number of thioether (sulfide) groups is 1. The molecule has 0 radical (unpaired) electrons. The molecule has 0 bridgehead atoms. The van der Waals surface area contributed by atoms with Gasteiger partial charge in [-0.25, -0.2) is 0 Å². The van der Waals surface area contributed by atoms with Gasteiger partial charge in [0.05, 0.1) is 21.3 Å². The van der Waals surface area contributed by atoms with Gasteiger partial charge in [0.15, 0.2) is 0 Å². The summed E-state index contributed by atoms with van der Waals surface area (Å²) in [5, 5.41) is 1.23. The summed E-state index contributed by atoms with van der Waals surface area (Å²) in [6.45, 7) is 4.98. The number of fused-ring (bicyclic) bond motifs is 1. The number of hydrogen-bond acceptors (Lipinski definition) is 5. The quantitative estimate of drug-likeness (QED) is 0.382. The molecule has 0 amide bonds. The lowest BCUT2D eigenvalue weighted by Gasteiger charge is -2.17. The average Bonchev–Trinajstić information content (AvgIpc) is 3.12. The highest BCUT2D eigenvalue weighted by Crippen LogP contribution is 2.45. The summed E-state index contributed by atoms with van der Waals surface area (Å²) in [6.07, 6.45) is 3.97. The lowest BCUT2D eigenvalue weighted by atomic mass is 10.2. The Bertz CT molecular complexity index is 1170. The highest BCUT2D eigenvalue weighted by Gasteiger charge is 2.22. The minimum absolute atomic E-state index is 0.0666. The van der Waals surface area contributed by atoms with Crippen molar-refractivity contribution in [2.75, 3.05) is 11.4 Å². The molecule has 31 heavy (non-hydrogen) atoms. The fourth-order valence-corrected chi connectivity index (χ4v) is 4.52. The van der Waals surface area contributed by atoms with E-state index in [1.54, 1.807) is 23.9 Å². The van der Waals surface area contributed by atoms with Gasteiger partial charge in [-0.1, -0.05) is 59.8 Å². The average molecular weight is 453 g/mol. The molecule has 0 aromatic heterocycles. The molecule has 0 fully saturated rings. The number of aliphatic imine (C=N–C) groups is 1. The summed E-state index contributed by atoms with van der Waals surface area (Å²) in [5.74, 6) is 0. The summed E-state index contributed by atoms with van der Waals surface area (Å²) in [5.41, 5.74) is 3.23. The van der Waals surface area contributed by atoms with Crippen molar-refractivity contribution in [1.29, 1.82) is 0 Å². The number of aryl methyl sites for hydroxylation is 1. The zero-order valence-corrected chi connectivity index (χ0v) is 19.0. The minimum atomic E-state index is -4.02. The first-order valence-electron chi connectivity index (χ1n) is 9.76. The van der Waals surface area contributed by atoms with E-state index in [0.29, 0.717) is 0 Å². The lowest BCUT2D eigenvalue weighted by molar-refractivity contribution is 0.483. The Morgan fingerprint density at radius 2 is 1.61 bits per heavy atom. The summed E-state index contributed by atoms with van der Waals surface area (Å²) in [6, 6.07) is 24.5. The third-order valence-corrected chi connectivity index (χ3v) is 6.47. The first-order valence-corrected chi connectivity index (χ1v) is 12.0. The van der Waals surface area contributed by atoms with Gasteiger partial charge in [0.2, 0.25) is 0 Å². The number of para-hydroxylation sites is 2. The van der Waals surface area contributed by atoms with Crippen LogP contribution in [0.3, 0.4) is 0 Å². The van der Waals surface area contributed by atoms with Gasteiger partial charge in [-0.3, -0.25) is 9.55 Å². The molecule has 1 aliphatic heterocycles. The number of hydrogen-bond donors (Lipinski definition) is 1. The second-order valence-electron chi connectivity index (χ2n) is 6.72. The van der Waals surface area contributed by atoms with Crippen LogP contribution in [0.25, 0.3) is 0 Å². The molecule has 160 valence electrons. The molecular weight excluding hydrogens is 428 g/mol. The molecule has 1 aliphatic rings. The molecule has 0 unspecified atom stereocenters. The van der Waals surface area contributed by atoms with E-state index in [0.717, 1.165) is 17.8 Å². The van der Waals surface area contributed by atoms with Gasteiger partial charge in [0.25, 0.3) is 10.1 Å². The number of benzene rings is 3. The molecule has 5 nitrogen and oxygen atoms in total. The third kappa shape index (κ3) is 6.30. The van der Waals surface area contributed by atoms with E-state index in [1.165, 1.54) is 27.7 Å². The predicted molar refractivity (Wildman–Crippen MR) is 129 cm³/mol. The van der Waals surface area contributed by atoms with Crippen LogP contribution in [-0.4, -0.2) is 25.7 Å². The second kappa shape index (κ2) is 10.4. The Morgan fingerprint density at radius 3 is 2.26 bits per heavy atom. The maximum atomic E-state index is 10.5. The topological polar surface area (TPSA) is 70.0 Å². The molecule has 3 aromatic carbocycles. The van der Waals surface area contributed by atoms with Gasteiger partial charge in [0, 0.05) is 17.7 Å². The van der Waals surface area contributed by atoms with Crippen LogP contribution in [-0.2, 0) is 10.1 Å². The molecule has 0 saturated carbocycles. The van der Waals surface area contributed by atoms with E-state index in [4.69, 9.17) is 4.55 Å². The molecular formula is C24H24N2O3S2. The van der Waals surface area contributed by atoms with Crippen molar-refractivity contribution in [3.05, 3.63) is 95.5 Å². The number of anilines is 1. The van der Waals surface area contributed by atoms with Crippen LogP contribution in [0.15, 0.2) is 105 Å². The van der Waals surface area contributed by atoms with Gasteiger partial charge in [-0.15, -0.1) is 0 Å². The summed E-state index contributed by atoms with van der Waals surface area (Å²) in [7, 11) is -4.02. The number of nitrogens with zero attached hydrogens (tertiary/aromatic N) is 2. The van der Waals surface area contributed by atoms with Crippen molar-refractivity contribution in [1.82, 2.24) is 0 Å². The van der Waals surface area contributed by atoms with Gasteiger partial charge < -0.3 is 4.90 Å². The molecule has 0 spiro atoms. The maximum Gasteiger partial charge on any atom is 0.294 e. The number of rotatable bonds is 4. The zero-order chi connectivity index (χ0) is 22.3. The van der Waals surface area contributed by atoms with Crippen molar-refractivity contribution in [2.45, 2.75) is 23.6 Å². The molecule has 0 saturated heterocycles. The van der Waals surface area contributed by atoms with Crippen LogP contribution in [0.4, 0.5) is 11.4 Å². The first kappa shape index (κ1) is 22.8. The standard InChI is InChI=1S/C17H16N2S.C7H8O3S/c1-2-19-15-10-6-7-11-16(15)20-17(19)12-13-18-14-8-4-3-5-9-14;1-6-2-4-7(5-3-6)11(8,9)10/h3-13H,2H2,1H3;2-5H,1H3,(H,8,9,10)/b17-12+,18-13?;. The van der Waals surface area contributed by atoms with Crippen molar-refractivity contribution in [2.24, 2.45) is 4.99 Å². The highest BCUT2D eigenvalue weighted by atomic mass is 32.2. The van der Waals surface area contributed by atoms with Crippen LogP contribution in [0, 0.1) is 6.92 Å². The van der Waals surface area contributed by atoms with E-state index in [1.807, 2.05) is 43.5 Å². The third-order valence-electron chi connectivity index (χ3n) is 4.47. The Labute approximate surface area is 187 Å². The Morgan fingerprint density at radius 1 is 0.968 bits per heavy atom. The van der Waals surface area contributed by atoms with E-state index in [2.05, 4.69) is 47.2 Å². The van der Waals surface area contributed by atoms with Crippen molar-refractivity contribution in [3.8, 4) is 0 Å². The Kier molecular flexibility index (Phi) is 7.68. The van der Waals surface area contributed by atoms with Gasteiger partial charge >= 0.3 is 0 Å². The van der Waals surface area contributed by atoms with Crippen LogP contribution in [0.5, 0.6) is 0 Å². The molecule has 0 aliphatic carbocycles. The van der Waals surface area contributed by atoms with Crippen molar-refractivity contribution >= 4 is 39.5 Å². The van der Waals surface area contributed by atoms with Gasteiger partial charge in [0.1, 0.15) is 0 Å². The molecule has 0 atom stereocenters. The Hall–Kier alpha value is -2.87. The molecule has 1 N–H and O–H groups in total. The number of allylic oxidation sites excluding steroid dienone is 1. The normalized spacial score (nSPS) is 14.4. The smallest absolute Gasteiger partial charge is 0.294 e. The monoisotopic (exact) mass is 452 g/mol. The van der Waals surface area contributed by atoms with E-state index >= 15 is 0 Å². The van der Waals surface area contributed by atoms with Gasteiger partial charge in [-0.2, -0.15) is 8.42 Å². The molecule has 4 rings (SSSR count). The lowest BCUT2D eigenvalue weighted by Crippen LogP contribution is -2.16. The van der Waals surface area contributed by atoms with Crippen molar-refractivity contribution < 1.29 is 13.0 Å². The molecule has 7 heteroatoms. The van der Waals surface area contributed by atoms with Crippen molar-refractivity contribution in [3.63, 3.8) is 0 Å². The SMILES string of the molecule is CCN1/C(=C\C=Nc2ccccc2)Sc2ccccc21.Cc1ccc(S(=O)(=O)O)cc1. The largest absolute Gasteiger partial charge is 0.335 e. The predicted octanol–water partition coefficient (Wildman–Crippen LogP) is 6.10. The maximum absolute atomic E-state index is 10.5. The van der Waals surface area contributed by atoms with Crippen LogP contribution >= 0.6 is 11.8 Å². The van der Waals surface area contributed by atoms with E-state index in [-0.39, 0.29) is 4.90 Å². The van der Waals surface area contributed by atoms with Gasteiger partial charge in [-0.05, 0) is 56.3 Å². The molecule has 1 heterocycles. The summed E-state index contributed by atoms with van der Waals surface area (Å²) >= 11 is 1.80. The fourth-order valence-electron chi connectivity index (χ4n) is 2.91.